The number of anilines is 1. The Bertz CT molecular complexity index is 1070. The van der Waals surface area contributed by atoms with Crippen molar-refractivity contribution in [2.24, 2.45) is 12.0 Å². The monoisotopic (exact) mass is 438 g/mol. The van der Waals surface area contributed by atoms with Crippen molar-refractivity contribution in [2.75, 3.05) is 25.6 Å². The van der Waals surface area contributed by atoms with Gasteiger partial charge in [0.05, 0.1) is 42.4 Å². The summed E-state index contributed by atoms with van der Waals surface area (Å²) >= 11 is 0. The second-order valence-corrected chi connectivity index (χ2v) is 7.89. The van der Waals surface area contributed by atoms with E-state index in [2.05, 4.69) is 10.3 Å². The summed E-state index contributed by atoms with van der Waals surface area (Å²) in [4.78, 5) is 42.4. The van der Waals surface area contributed by atoms with Crippen molar-refractivity contribution in [3.05, 3.63) is 35.7 Å². The third-order valence-corrected chi connectivity index (χ3v) is 5.71. The minimum absolute atomic E-state index is 0.0380. The van der Waals surface area contributed by atoms with Gasteiger partial charge >= 0.3 is 0 Å². The molecule has 9 heteroatoms. The Kier molecular flexibility index (Phi) is 6.25. The molecule has 2 amide bonds. The Balaban J connectivity index is 1.36. The van der Waals surface area contributed by atoms with E-state index in [9.17, 15) is 14.4 Å². The van der Waals surface area contributed by atoms with Crippen LogP contribution in [0.25, 0.3) is 0 Å². The fourth-order valence-corrected chi connectivity index (χ4v) is 4.03. The Morgan fingerprint density at radius 2 is 2.16 bits per heavy atom. The van der Waals surface area contributed by atoms with Gasteiger partial charge in [-0.3, -0.25) is 19.4 Å². The van der Waals surface area contributed by atoms with Gasteiger partial charge in [0.25, 0.3) is 5.91 Å². The molecule has 168 valence electrons. The van der Waals surface area contributed by atoms with Gasteiger partial charge in [-0.1, -0.05) is 0 Å². The molecule has 32 heavy (non-hydrogen) atoms. The van der Waals surface area contributed by atoms with Gasteiger partial charge in [-0.15, -0.1) is 0 Å². The number of fused-ring (bicyclic) bond motifs is 2. The van der Waals surface area contributed by atoms with E-state index < -0.39 is 0 Å². The largest absolute Gasteiger partial charge is 0.493 e. The van der Waals surface area contributed by atoms with E-state index in [0.29, 0.717) is 47.2 Å². The average Bonchev–Trinajstić information content (AvgIpc) is 3.37. The fraction of sp³-hybridized carbons (Fsp3) is 0.391. The molecule has 1 fully saturated rings. The number of aldehydes is 1. The molecule has 0 radical (unpaired) electrons. The highest BCUT2D eigenvalue weighted by Gasteiger charge is 2.32. The fourth-order valence-electron chi connectivity index (χ4n) is 4.03. The highest BCUT2D eigenvalue weighted by molar-refractivity contribution is 6.03. The zero-order valence-electron chi connectivity index (χ0n) is 18.2. The Hall–Kier alpha value is -3.62. The molecule has 1 aromatic heterocycles. The van der Waals surface area contributed by atoms with E-state index in [0.717, 1.165) is 25.7 Å². The Morgan fingerprint density at radius 3 is 2.91 bits per heavy atom. The molecule has 2 aliphatic heterocycles. The predicted molar refractivity (Wildman–Crippen MR) is 119 cm³/mol. The molecule has 2 aromatic rings. The maximum absolute atomic E-state index is 12.9. The van der Waals surface area contributed by atoms with Crippen molar-refractivity contribution in [2.45, 2.75) is 31.7 Å². The number of aromatic nitrogens is 1. The van der Waals surface area contributed by atoms with E-state index >= 15 is 0 Å². The number of amides is 2. The summed E-state index contributed by atoms with van der Waals surface area (Å²) in [5.74, 6) is 0.735. The normalized spacial score (nSPS) is 16.9. The van der Waals surface area contributed by atoms with Crippen LogP contribution < -0.4 is 14.8 Å². The van der Waals surface area contributed by atoms with Gasteiger partial charge in [0.2, 0.25) is 5.91 Å². The number of carbonyl (C=O) groups excluding carboxylic acids is 3. The molecule has 1 saturated heterocycles. The van der Waals surface area contributed by atoms with Crippen LogP contribution in [0.15, 0.2) is 29.4 Å². The molecule has 1 unspecified atom stereocenters. The summed E-state index contributed by atoms with van der Waals surface area (Å²) < 4.78 is 12.9. The van der Waals surface area contributed by atoms with Crippen LogP contribution in [0, 0.1) is 0 Å². The minimum Gasteiger partial charge on any atom is -0.493 e. The summed E-state index contributed by atoms with van der Waals surface area (Å²) in [5, 5.41) is 2.77. The lowest BCUT2D eigenvalue weighted by molar-refractivity contribution is -0.116. The van der Waals surface area contributed by atoms with Gasteiger partial charge in [-0.25, -0.2) is 0 Å². The molecular formula is C23H26N4O5. The third-order valence-electron chi connectivity index (χ3n) is 5.71. The molecule has 1 atom stereocenters. The number of carbonyl (C=O) groups is 3. The molecule has 9 nitrogen and oxygen atoms in total. The van der Waals surface area contributed by atoms with E-state index in [1.165, 1.54) is 7.11 Å². The lowest BCUT2D eigenvalue weighted by Crippen LogP contribution is -2.35. The first kappa shape index (κ1) is 21.6. The van der Waals surface area contributed by atoms with Crippen LogP contribution in [0.3, 0.4) is 0 Å². The number of aliphatic imine (C=N–C) groups is 1. The highest BCUT2D eigenvalue weighted by Crippen LogP contribution is 2.38. The van der Waals surface area contributed by atoms with Gasteiger partial charge in [0.15, 0.2) is 17.8 Å². The number of aryl methyl sites for hydroxylation is 1. The van der Waals surface area contributed by atoms with Gasteiger partial charge in [0, 0.05) is 38.5 Å². The summed E-state index contributed by atoms with van der Waals surface area (Å²) in [6.07, 6.45) is 6.89. The Labute approximate surface area is 186 Å². The maximum atomic E-state index is 12.9. The van der Waals surface area contributed by atoms with Gasteiger partial charge < -0.3 is 24.3 Å². The second-order valence-electron chi connectivity index (χ2n) is 7.89. The summed E-state index contributed by atoms with van der Waals surface area (Å²) in [6, 6.07) is 5.05. The van der Waals surface area contributed by atoms with Crippen molar-refractivity contribution < 1.29 is 23.9 Å². The van der Waals surface area contributed by atoms with Crippen LogP contribution >= 0.6 is 0 Å². The van der Waals surface area contributed by atoms with E-state index in [4.69, 9.17) is 9.47 Å². The highest BCUT2D eigenvalue weighted by atomic mass is 16.5. The van der Waals surface area contributed by atoms with Gasteiger partial charge in [-0.05, 0) is 31.4 Å². The first-order valence-electron chi connectivity index (χ1n) is 10.6. The minimum atomic E-state index is -0.165. The van der Waals surface area contributed by atoms with Gasteiger partial charge in [0.1, 0.15) is 0 Å². The Morgan fingerprint density at radius 1 is 1.31 bits per heavy atom. The lowest BCUT2D eigenvalue weighted by Gasteiger charge is -2.20. The number of rotatable bonds is 8. The first-order chi connectivity index (χ1) is 15.5. The number of hydrogen-bond acceptors (Lipinski definition) is 6. The number of nitrogens with zero attached hydrogens (tertiary/aromatic N) is 3. The number of benzene rings is 1. The van der Waals surface area contributed by atoms with Gasteiger partial charge in [-0.2, -0.15) is 0 Å². The van der Waals surface area contributed by atoms with Crippen LogP contribution in [0.4, 0.5) is 11.4 Å². The first-order valence-corrected chi connectivity index (χ1v) is 10.6. The number of hydrogen-bond donors (Lipinski definition) is 1. The second kappa shape index (κ2) is 9.25. The molecule has 0 bridgehead atoms. The third kappa shape index (κ3) is 4.37. The molecule has 3 heterocycles. The van der Waals surface area contributed by atoms with Crippen molar-refractivity contribution in [1.82, 2.24) is 9.47 Å². The molecule has 1 N–H and O–H groups in total. The lowest BCUT2D eigenvalue weighted by atomic mass is 10.1. The van der Waals surface area contributed by atoms with Crippen LogP contribution in [0.1, 0.15) is 46.5 Å². The van der Waals surface area contributed by atoms with Crippen molar-refractivity contribution >= 4 is 35.7 Å². The SMILES string of the molecule is COc1cc2c(cc1OCCCC(=O)Nc1cc(C=O)n(C)c1)N=CC1CCCN1C2=O. The summed E-state index contributed by atoms with van der Waals surface area (Å²) in [6.45, 7) is 1.03. The maximum Gasteiger partial charge on any atom is 0.256 e. The van der Waals surface area contributed by atoms with E-state index in [1.54, 1.807) is 36.0 Å². The topological polar surface area (TPSA) is 102 Å². The van der Waals surface area contributed by atoms with Crippen LogP contribution in [0.2, 0.25) is 0 Å². The van der Waals surface area contributed by atoms with Crippen molar-refractivity contribution in [1.29, 1.82) is 0 Å². The zero-order chi connectivity index (χ0) is 22.7. The molecule has 4 rings (SSSR count). The molecular weight excluding hydrogens is 412 g/mol. The molecule has 0 saturated carbocycles. The van der Waals surface area contributed by atoms with Crippen LogP contribution in [-0.2, 0) is 11.8 Å². The zero-order valence-corrected chi connectivity index (χ0v) is 18.2. The van der Waals surface area contributed by atoms with E-state index in [-0.39, 0.29) is 24.3 Å². The molecule has 1 aromatic carbocycles. The smallest absolute Gasteiger partial charge is 0.256 e. The van der Waals surface area contributed by atoms with E-state index in [1.807, 2.05) is 11.1 Å². The van der Waals surface area contributed by atoms with Crippen LogP contribution in [0.5, 0.6) is 11.5 Å². The number of methoxy groups -OCH3 is 1. The molecule has 2 aliphatic rings. The van der Waals surface area contributed by atoms with Crippen molar-refractivity contribution in [3.8, 4) is 11.5 Å². The molecule has 0 spiro atoms. The standard InChI is InChI=1S/C23H26N4O5/c1-26-13-15(9-17(26)14-28)25-22(29)6-4-8-32-21-11-19-18(10-20(21)31-2)23(30)27-7-3-5-16(27)12-24-19/h9-14,16H,3-8H2,1-2H3,(H,25,29). The van der Waals surface area contributed by atoms with Crippen LogP contribution in [-0.4, -0.2) is 60.1 Å². The summed E-state index contributed by atoms with van der Waals surface area (Å²) in [5.41, 5.74) is 2.14. The summed E-state index contributed by atoms with van der Waals surface area (Å²) in [7, 11) is 3.26. The molecule has 0 aliphatic carbocycles. The predicted octanol–water partition coefficient (Wildman–Crippen LogP) is 2.96. The number of ether oxygens (including phenoxy) is 2. The quantitative estimate of drug-likeness (QED) is 0.504. The average molecular weight is 438 g/mol. The van der Waals surface area contributed by atoms with Crippen molar-refractivity contribution in [3.63, 3.8) is 0 Å². The number of nitrogens with one attached hydrogen (secondary N) is 1.